The van der Waals surface area contributed by atoms with E-state index < -0.39 is 12.0 Å². The second-order valence-electron chi connectivity index (χ2n) is 8.73. The molecule has 0 unspecified atom stereocenters. The largest absolute Gasteiger partial charge is 0.496 e. The van der Waals surface area contributed by atoms with Gasteiger partial charge in [0.1, 0.15) is 16.3 Å². The first-order chi connectivity index (χ1) is 17.9. The van der Waals surface area contributed by atoms with E-state index >= 15 is 0 Å². The lowest BCUT2D eigenvalue weighted by atomic mass is 9.93. The summed E-state index contributed by atoms with van der Waals surface area (Å²) in [5.74, 6) is -0.239. The third-order valence-electron chi connectivity index (χ3n) is 6.58. The topological polar surface area (TPSA) is 90.2 Å². The van der Waals surface area contributed by atoms with Gasteiger partial charge < -0.3 is 14.4 Å². The minimum atomic E-state index is -0.813. The Kier molecular flexibility index (Phi) is 6.55. The van der Waals surface area contributed by atoms with Gasteiger partial charge in [-0.3, -0.25) is 14.2 Å². The first kappa shape index (κ1) is 24.7. The molecule has 1 amide bonds. The molecule has 0 bridgehead atoms. The number of thiazole rings is 1. The van der Waals surface area contributed by atoms with Crippen LogP contribution in [-0.4, -0.2) is 37.2 Å². The molecule has 1 atom stereocenters. The number of ether oxygens (including phenoxy) is 2. The highest BCUT2D eigenvalue weighted by Crippen LogP contribution is 2.37. The van der Waals surface area contributed by atoms with Crippen LogP contribution in [0.5, 0.6) is 5.75 Å². The zero-order chi connectivity index (χ0) is 26.3. The Bertz CT molecular complexity index is 1630. The van der Waals surface area contributed by atoms with E-state index in [-0.39, 0.29) is 18.1 Å². The van der Waals surface area contributed by atoms with Crippen LogP contribution in [0.3, 0.4) is 0 Å². The zero-order valence-corrected chi connectivity index (χ0v) is 21.9. The van der Waals surface area contributed by atoms with E-state index in [0.717, 1.165) is 12.1 Å². The maximum atomic E-state index is 14.1. The van der Waals surface area contributed by atoms with E-state index in [1.807, 2.05) is 49.4 Å². The predicted molar refractivity (Wildman–Crippen MR) is 141 cm³/mol. The molecular formula is C28H27N3O5S. The minimum absolute atomic E-state index is 0.187. The normalized spacial score (nSPS) is 17.9. The number of fused-ring (bicyclic) bond motifs is 2. The molecule has 8 nitrogen and oxygen atoms in total. The standard InChI is InChI=1S/C28H27N3O5S/c1-5-11-18-22(27(34)36-6-2)23(17-13-8-10-15-20(17)35-4)31-26(33)24(37-28(31)29-18)21-16-12-7-9-14-19(16)30(3)25(21)32/h7-10,12-15,23H,5-6,11H2,1-4H3/b24-21-/t23-/m1/s1. The summed E-state index contributed by atoms with van der Waals surface area (Å²) >= 11 is 1.17. The van der Waals surface area contributed by atoms with Gasteiger partial charge >= 0.3 is 5.97 Å². The van der Waals surface area contributed by atoms with Gasteiger partial charge in [0.05, 0.1) is 36.2 Å². The van der Waals surface area contributed by atoms with Crippen molar-refractivity contribution in [2.45, 2.75) is 32.7 Å². The Labute approximate surface area is 217 Å². The van der Waals surface area contributed by atoms with Gasteiger partial charge in [-0.15, -0.1) is 0 Å². The van der Waals surface area contributed by atoms with Crippen molar-refractivity contribution in [3.05, 3.63) is 90.6 Å². The number of nitrogens with zero attached hydrogens (tertiary/aromatic N) is 3. The van der Waals surface area contributed by atoms with Crippen LogP contribution in [-0.2, 0) is 14.3 Å². The summed E-state index contributed by atoms with van der Waals surface area (Å²) in [6.07, 6.45) is 1.28. The second-order valence-corrected chi connectivity index (χ2v) is 9.71. The summed E-state index contributed by atoms with van der Waals surface area (Å²) in [5, 5.41) is 0. The van der Waals surface area contributed by atoms with Gasteiger partial charge in [0, 0.05) is 18.2 Å². The molecule has 3 heterocycles. The van der Waals surface area contributed by atoms with Crippen molar-refractivity contribution in [2.75, 3.05) is 25.7 Å². The summed E-state index contributed by atoms with van der Waals surface area (Å²) in [5.41, 5.74) is 2.94. The SMILES string of the molecule is CCCC1=C(C(=O)OCC)[C@@H](c2ccccc2OC)n2c(s/c(=C3\C(=O)N(C)c4ccccc43)c2=O)=N1. The molecule has 5 rings (SSSR count). The molecule has 2 aliphatic heterocycles. The monoisotopic (exact) mass is 517 g/mol. The summed E-state index contributed by atoms with van der Waals surface area (Å²) < 4.78 is 12.9. The van der Waals surface area contributed by atoms with Crippen molar-refractivity contribution in [1.29, 1.82) is 0 Å². The highest BCUT2D eigenvalue weighted by Gasteiger charge is 2.37. The number of aromatic nitrogens is 1. The average molecular weight is 518 g/mol. The maximum absolute atomic E-state index is 14.1. The quantitative estimate of drug-likeness (QED) is 0.469. The molecule has 2 aliphatic rings. The van der Waals surface area contributed by atoms with Gasteiger partial charge in [-0.25, -0.2) is 9.79 Å². The first-order valence-electron chi connectivity index (χ1n) is 12.2. The Morgan fingerprint density at radius 3 is 2.54 bits per heavy atom. The lowest BCUT2D eigenvalue weighted by Gasteiger charge is -2.26. The number of methoxy groups -OCH3 is 1. The third kappa shape index (κ3) is 3.90. The molecule has 9 heteroatoms. The fourth-order valence-corrected chi connectivity index (χ4v) is 6.06. The lowest BCUT2D eigenvalue weighted by Crippen LogP contribution is -2.41. The molecule has 0 fully saturated rings. The van der Waals surface area contributed by atoms with Crippen molar-refractivity contribution in [3.8, 4) is 5.75 Å². The minimum Gasteiger partial charge on any atom is -0.496 e. The number of anilines is 1. The fraction of sp³-hybridized carbons (Fsp3) is 0.286. The number of likely N-dealkylation sites (N-methyl/N-ethyl adjacent to an activating group) is 1. The van der Waals surface area contributed by atoms with Crippen LogP contribution >= 0.6 is 11.3 Å². The predicted octanol–water partition coefficient (Wildman–Crippen LogP) is 2.93. The number of hydrogen-bond donors (Lipinski definition) is 0. The van der Waals surface area contributed by atoms with Crippen molar-refractivity contribution >= 4 is 34.5 Å². The van der Waals surface area contributed by atoms with E-state index in [4.69, 9.17) is 14.5 Å². The Morgan fingerprint density at radius 2 is 1.81 bits per heavy atom. The van der Waals surface area contributed by atoms with Crippen molar-refractivity contribution in [2.24, 2.45) is 4.99 Å². The van der Waals surface area contributed by atoms with E-state index in [1.54, 1.807) is 32.0 Å². The van der Waals surface area contributed by atoms with Crippen LogP contribution < -0.4 is 24.5 Å². The van der Waals surface area contributed by atoms with Crippen molar-refractivity contribution in [1.82, 2.24) is 4.57 Å². The van der Waals surface area contributed by atoms with Gasteiger partial charge in [-0.2, -0.15) is 0 Å². The highest BCUT2D eigenvalue weighted by atomic mass is 32.1. The Hall–Kier alpha value is -3.98. The fourth-order valence-electron chi connectivity index (χ4n) is 4.95. The molecule has 2 aromatic carbocycles. The molecule has 3 aromatic rings. The van der Waals surface area contributed by atoms with Gasteiger partial charge in [-0.1, -0.05) is 61.1 Å². The molecule has 1 aromatic heterocycles. The van der Waals surface area contributed by atoms with Crippen LogP contribution in [0.2, 0.25) is 0 Å². The first-order valence-corrected chi connectivity index (χ1v) is 13.0. The highest BCUT2D eigenvalue weighted by molar-refractivity contribution is 7.07. The van der Waals surface area contributed by atoms with Crippen LogP contribution in [0.25, 0.3) is 5.57 Å². The Morgan fingerprint density at radius 1 is 1.08 bits per heavy atom. The van der Waals surface area contributed by atoms with E-state index in [2.05, 4.69) is 0 Å². The third-order valence-corrected chi connectivity index (χ3v) is 7.64. The number of esters is 1. The number of amides is 1. The number of rotatable bonds is 6. The molecular weight excluding hydrogens is 490 g/mol. The van der Waals surface area contributed by atoms with E-state index in [0.29, 0.717) is 49.5 Å². The summed E-state index contributed by atoms with van der Waals surface area (Å²) in [4.78, 5) is 47.6. The number of para-hydroxylation sites is 2. The number of carbonyl (C=O) groups excluding carboxylic acids is 2. The number of hydrogen-bond acceptors (Lipinski definition) is 7. The van der Waals surface area contributed by atoms with Crippen molar-refractivity contribution < 1.29 is 19.1 Å². The Balaban J connectivity index is 1.88. The summed E-state index contributed by atoms with van der Waals surface area (Å²) in [7, 11) is 3.25. The average Bonchev–Trinajstić information content (AvgIpc) is 3.36. The molecule has 0 spiro atoms. The van der Waals surface area contributed by atoms with Crippen LogP contribution in [0.15, 0.2) is 69.6 Å². The van der Waals surface area contributed by atoms with Crippen LogP contribution in [0, 0.1) is 0 Å². The van der Waals surface area contributed by atoms with Gasteiger partial charge in [0.25, 0.3) is 11.5 Å². The maximum Gasteiger partial charge on any atom is 0.338 e. The molecule has 0 saturated carbocycles. The second kappa shape index (κ2) is 9.82. The number of allylic oxidation sites excluding steroid dienone is 1. The summed E-state index contributed by atoms with van der Waals surface area (Å²) in [6, 6.07) is 13.9. The molecule has 190 valence electrons. The lowest BCUT2D eigenvalue weighted by molar-refractivity contribution is -0.139. The summed E-state index contributed by atoms with van der Waals surface area (Å²) in [6.45, 7) is 3.93. The van der Waals surface area contributed by atoms with E-state index in [1.165, 1.54) is 15.9 Å². The van der Waals surface area contributed by atoms with E-state index in [9.17, 15) is 14.4 Å². The molecule has 0 radical (unpaired) electrons. The van der Waals surface area contributed by atoms with Gasteiger partial charge in [0.15, 0.2) is 4.80 Å². The zero-order valence-electron chi connectivity index (χ0n) is 21.1. The number of benzene rings is 2. The van der Waals surface area contributed by atoms with Gasteiger partial charge in [0.2, 0.25) is 0 Å². The molecule has 37 heavy (non-hydrogen) atoms. The van der Waals surface area contributed by atoms with Crippen LogP contribution in [0.4, 0.5) is 5.69 Å². The number of carbonyl (C=O) groups is 2. The van der Waals surface area contributed by atoms with Gasteiger partial charge in [-0.05, 0) is 25.5 Å². The van der Waals surface area contributed by atoms with Crippen LogP contribution in [0.1, 0.15) is 43.9 Å². The molecule has 0 aliphatic carbocycles. The van der Waals surface area contributed by atoms with Crippen molar-refractivity contribution in [3.63, 3.8) is 0 Å². The smallest absolute Gasteiger partial charge is 0.338 e. The molecule has 0 N–H and O–H groups in total. The molecule has 0 saturated heterocycles.